The fourth-order valence-electron chi connectivity index (χ4n) is 4.67. The van der Waals surface area contributed by atoms with Gasteiger partial charge in [0.2, 0.25) is 0 Å². The number of methoxy groups -OCH3 is 4. The van der Waals surface area contributed by atoms with Crippen LogP contribution < -0.4 is 18.9 Å². The minimum Gasteiger partial charge on any atom is -0.493 e. The molecule has 2 aliphatic rings. The van der Waals surface area contributed by atoms with Gasteiger partial charge in [-0.3, -0.25) is 9.69 Å². The van der Waals surface area contributed by atoms with Crippen molar-refractivity contribution >= 4 is 6.29 Å². The second-order valence-corrected chi connectivity index (χ2v) is 7.18. The van der Waals surface area contributed by atoms with E-state index in [1.807, 2.05) is 12.1 Å². The van der Waals surface area contributed by atoms with Gasteiger partial charge in [0.15, 0.2) is 29.3 Å². The lowest BCUT2D eigenvalue weighted by Crippen LogP contribution is -2.36. The number of likely N-dealkylation sites (N-methyl/N-ethyl adjacent to an activating group) is 1. The van der Waals surface area contributed by atoms with Gasteiger partial charge in [-0.25, -0.2) is 0 Å². The fourth-order valence-corrected chi connectivity index (χ4v) is 4.67. The van der Waals surface area contributed by atoms with Gasteiger partial charge in [-0.1, -0.05) is 0 Å². The van der Waals surface area contributed by atoms with Gasteiger partial charge in [-0.15, -0.1) is 0 Å². The average molecular weight is 383 g/mol. The quantitative estimate of drug-likeness (QED) is 0.739. The van der Waals surface area contributed by atoms with Crippen LogP contribution in [0.4, 0.5) is 0 Å². The van der Waals surface area contributed by atoms with E-state index in [9.17, 15) is 4.79 Å². The molecule has 1 aliphatic heterocycles. The predicted molar refractivity (Wildman–Crippen MR) is 106 cm³/mol. The Morgan fingerprint density at radius 2 is 1.68 bits per heavy atom. The van der Waals surface area contributed by atoms with Gasteiger partial charge in [-0.2, -0.15) is 0 Å². The van der Waals surface area contributed by atoms with Gasteiger partial charge in [0.05, 0.1) is 34.0 Å². The van der Waals surface area contributed by atoms with Gasteiger partial charge >= 0.3 is 0 Å². The Kier molecular flexibility index (Phi) is 4.67. The summed E-state index contributed by atoms with van der Waals surface area (Å²) in [6.45, 7) is 0.885. The van der Waals surface area contributed by atoms with Gasteiger partial charge < -0.3 is 18.9 Å². The minimum atomic E-state index is 0.169. The maximum absolute atomic E-state index is 12.0. The second-order valence-electron chi connectivity index (χ2n) is 7.18. The summed E-state index contributed by atoms with van der Waals surface area (Å²) in [5, 5.41) is 0. The summed E-state index contributed by atoms with van der Waals surface area (Å²) in [7, 11) is 8.60. The Bertz CT molecular complexity index is 953. The molecule has 2 aromatic carbocycles. The maximum Gasteiger partial charge on any atom is 0.172 e. The molecule has 0 bridgehead atoms. The van der Waals surface area contributed by atoms with Gasteiger partial charge in [0, 0.05) is 18.2 Å². The smallest absolute Gasteiger partial charge is 0.172 e. The Labute approximate surface area is 165 Å². The summed E-state index contributed by atoms with van der Waals surface area (Å²) in [6, 6.07) is 4.21. The Hall–Kier alpha value is -2.73. The molecule has 1 atom stereocenters. The van der Waals surface area contributed by atoms with Crippen LogP contribution in [0.5, 0.6) is 23.0 Å². The molecule has 1 heterocycles. The van der Waals surface area contributed by atoms with Crippen molar-refractivity contribution in [1.29, 1.82) is 0 Å². The highest BCUT2D eigenvalue weighted by molar-refractivity contribution is 5.93. The molecule has 28 heavy (non-hydrogen) atoms. The van der Waals surface area contributed by atoms with Crippen molar-refractivity contribution in [1.82, 2.24) is 4.90 Å². The van der Waals surface area contributed by atoms with Crippen LogP contribution in [-0.4, -0.2) is 53.2 Å². The highest BCUT2D eigenvalue weighted by Gasteiger charge is 2.39. The molecular weight excluding hydrogens is 358 g/mol. The highest BCUT2D eigenvalue weighted by atomic mass is 16.5. The van der Waals surface area contributed by atoms with Gasteiger partial charge in [0.1, 0.15) is 0 Å². The minimum absolute atomic E-state index is 0.169. The Balaban J connectivity index is 2.13. The summed E-state index contributed by atoms with van der Waals surface area (Å²) in [5.41, 5.74) is 6.00. The summed E-state index contributed by atoms with van der Waals surface area (Å²) in [4.78, 5) is 14.3. The van der Waals surface area contributed by atoms with Crippen LogP contribution in [0, 0.1) is 0 Å². The van der Waals surface area contributed by atoms with Crippen molar-refractivity contribution in [2.24, 2.45) is 0 Å². The normalized spacial score (nSPS) is 17.4. The monoisotopic (exact) mass is 383 g/mol. The topological polar surface area (TPSA) is 57.2 Å². The Morgan fingerprint density at radius 3 is 2.29 bits per heavy atom. The third-order valence-electron chi connectivity index (χ3n) is 6.00. The molecule has 148 valence electrons. The molecule has 0 fully saturated rings. The third kappa shape index (κ3) is 2.48. The van der Waals surface area contributed by atoms with E-state index >= 15 is 0 Å². The number of fused-ring (bicyclic) bond motifs is 2. The van der Waals surface area contributed by atoms with Crippen LogP contribution in [0.3, 0.4) is 0 Å². The molecule has 1 aliphatic carbocycles. The molecule has 0 N–H and O–H groups in total. The van der Waals surface area contributed by atoms with E-state index in [0.717, 1.165) is 53.5 Å². The van der Waals surface area contributed by atoms with Crippen LogP contribution in [0.2, 0.25) is 0 Å². The molecule has 4 rings (SSSR count). The molecule has 2 aromatic rings. The number of rotatable bonds is 5. The number of benzene rings is 2. The number of carbonyl (C=O) groups is 1. The van der Waals surface area contributed by atoms with E-state index in [-0.39, 0.29) is 6.04 Å². The first-order chi connectivity index (χ1) is 13.6. The first-order valence-electron chi connectivity index (χ1n) is 9.30. The van der Waals surface area contributed by atoms with Crippen molar-refractivity contribution < 1.29 is 23.7 Å². The van der Waals surface area contributed by atoms with Crippen LogP contribution in [0.1, 0.15) is 33.1 Å². The van der Waals surface area contributed by atoms with Crippen LogP contribution in [0.25, 0.3) is 11.1 Å². The average Bonchev–Trinajstić information content (AvgIpc) is 2.73. The van der Waals surface area contributed by atoms with E-state index in [2.05, 4.69) is 11.9 Å². The summed E-state index contributed by atoms with van der Waals surface area (Å²) in [6.07, 6.45) is 2.52. The Morgan fingerprint density at radius 1 is 1.00 bits per heavy atom. The molecule has 0 unspecified atom stereocenters. The summed E-state index contributed by atoms with van der Waals surface area (Å²) in [5.74, 6) is 2.46. The molecule has 0 spiro atoms. The van der Waals surface area contributed by atoms with Crippen LogP contribution >= 0.6 is 0 Å². The van der Waals surface area contributed by atoms with Crippen LogP contribution in [0.15, 0.2) is 12.1 Å². The van der Waals surface area contributed by atoms with Crippen molar-refractivity contribution in [2.45, 2.75) is 18.9 Å². The number of aldehydes is 1. The summed E-state index contributed by atoms with van der Waals surface area (Å²) < 4.78 is 22.5. The lowest BCUT2D eigenvalue weighted by Gasteiger charge is -2.41. The number of ether oxygens (including phenoxy) is 4. The second kappa shape index (κ2) is 7.02. The van der Waals surface area contributed by atoms with E-state index in [1.165, 1.54) is 0 Å². The number of nitrogens with zero attached hydrogens (tertiary/aromatic N) is 1. The molecule has 6 nitrogen and oxygen atoms in total. The fraction of sp³-hybridized carbons (Fsp3) is 0.409. The first-order valence-corrected chi connectivity index (χ1v) is 9.30. The molecule has 0 radical (unpaired) electrons. The number of carbonyl (C=O) groups excluding carboxylic acids is 1. The largest absolute Gasteiger partial charge is 0.493 e. The highest BCUT2D eigenvalue weighted by Crippen LogP contribution is 2.55. The SMILES string of the molecule is COc1cc2c(cc1OC)-c1c(OC)c(OC)c(C=O)c3c1[C@@H](C2)N(C)CC3. The predicted octanol–water partition coefficient (Wildman–Crippen LogP) is 3.29. The summed E-state index contributed by atoms with van der Waals surface area (Å²) >= 11 is 0. The van der Waals surface area contributed by atoms with Crippen molar-refractivity contribution in [3.05, 3.63) is 34.4 Å². The molecule has 0 saturated carbocycles. The van der Waals surface area contributed by atoms with Crippen molar-refractivity contribution in [3.8, 4) is 34.1 Å². The molecule has 6 heteroatoms. The van der Waals surface area contributed by atoms with Gasteiger partial charge in [0.25, 0.3) is 0 Å². The standard InChI is InChI=1S/C22H25NO5/c1-23-7-6-13-15(11-24)21(27-4)22(28-5)20-14-10-18(26-3)17(25-2)9-12(14)8-16(23)19(13)20/h9-11,16H,6-8H2,1-5H3/t16-/m1/s1. The zero-order valence-corrected chi connectivity index (χ0v) is 16.9. The van der Waals surface area contributed by atoms with Crippen LogP contribution in [-0.2, 0) is 12.8 Å². The van der Waals surface area contributed by atoms with E-state index in [4.69, 9.17) is 18.9 Å². The first kappa shape index (κ1) is 18.6. The number of hydrogen-bond donors (Lipinski definition) is 0. The molecular formula is C22H25NO5. The molecule has 0 saturated heterocycles. The lowest BCUT2D eigenvalue weighted by atomic mass is 9.75. The van der Waals surface area contributed by atoms with Crippen molar-refractivity contribution in [2.75, 3.05) is 42.0 Å². The van der Waals surface area contributed by atoms with Crippen molar-refractivity contribution in [3.63, 3.8) is 0 Å². The van der Waals surface area contributed by atoms with E-state index in [0.29, 0.717) is 28.6 Å². The zero-order valence-electron chi connectivity index (χ0n) is 16.9. The zero-order chi connectivity index (χ0) is 20.0. The van der Waals surface area contributed by atoms with Gasteiger partial charge in [-0.05, 0) is 54.3 Å². The molecule has 0 aromatic heterocycles. The molecule has 0 amide bonds. The van der Waals surface area contributed by atoms with E-state index in [1.54, 1.807) is 28.4 Å². The number of hydrogen-bond acceptors (Lipinski definition) is 6. The maximum atomic E-state index is 12.0. The lowest BCUT2D eigenvalue weighted by molar-refractivity contribution is 0.111. The van der Waals surface area contributed by atoms with E-state index < -0.39 is 0 Å². The third-order valence-corrected chi connectivity index (χ3v) is 6.00.